The molecule has 0 radical (unpaired) electrons. The highest BCUT2D eigenvalue weighted by Gasteiger charge is 2.43. The van der Waals surface area contributed by atoms with Crippen molar-refractivity contribution in [2.24, 2.45) is 0 Å². The Bertz CT molecular complexity index is 813. The van der Waals surface area contributed by atoms with Crippen LogP contribution in [0, 0.1) is 0 Å². The van der Waals surface area contributed by atoms with Gasteiger partial charge in [0.05, 0.1) is 0 Å². The van der Waals surface area contributed by atoms with E-state index in [2.05, 4.69) is 44.2 Å². The Kier molecular flexibility index (Phi) is 6.42. The SMILES string of the molecule is CCCCC1(CCCC)c2ccccc2-c2ccc(Cl)c(CCC(C)=O)c21. The number of carbonyl (C=O) groups excluding carboxylic acids is 1. The van der Waals surface area contributed by atoms with E-state index < -0.39 is 0 Å². The van der Waals surface area contributed by atoms with Crippen molar-refractivity contribution in [2.45, 2.75) is 77.6 Å². The van der Waals surface area contributed by atoms with Gasteiger partial charge < -0.3 is 4.79 Å². The number of halogens is 1. The van der Waals surface area contributed by atoms with Gasteiger partial charge >= 0.3 is 0 Å². The van der Waals surface area contributed by atoms with Crippen LogP contribution in [0.2, 0.25) is 5.02 Å². The molecule has 0 aliphatic heterocycles. The van der Waals surface area contributed by atoms with Gasteiger partial charge in [-0.05, 0) is 60.1 Å². The Hall–Kier alpha value is -1.60. The first-order chi connectivity index (χ1) is 13.0. The number of carbonyl (C=O) groups is 1. The van der Waals surface area contributed by atoms with Crippen molar-refractivity contribution in [3.05, 3.63) is 58.1 Å². The van der Waals surface area contributed by atoms with Gasteiger partial charge in [-0.2, -0.15) is 0 Å². The fourth-order valence-electron chi connectivity index (χ4n) is 4.81. The monoisotopic (exact) mass is 382 g/mol. The quantitative estimate of drug-likeness (QED) is 0.438. The molecule has 1 aliphatic carbocycles. The van der Waals surface area contributed by atoms with Gasteiger partial charge in [0.1, 0.15) is 5.78 Å². The van der Waals surface area contributed by atoms with E-state index in [0.717, 1.165) is 24.3 Å². The Labute approximate surface area is 169 Å². The molecule has 0 heterocycles. The zero-order chi connectivity index (χ0) is 19.4. The minimum atomic E-state index is 0.0367. The first-order valence-electron chi connectivity index (χ1n) is 10.5. The lowest BCUT2D eigenvalue weighted by Crippen LogP contribution is -2.27. The van der Waals surface area contributed by atoms with Crippen LogP contribution in [-0.2, 0) is 16.6 Å². The van der Waals surface area contributed by atoms with Crippen molar-refractivity contribution in [3.63, 3.8) is 0 Å². The molecule has 2 heteroatoms. The predicted octanol–water partition coefficient (Wildman–Crippen LogP) is 7.51. The van der Waals surface area contributed by atoms with Crippen LogP contribution in [0.4, 0.5) is 0 Å². The molecule has 3 rings (SSSR count). The zero-order valence-electron chi connectivity index (χ0n) is 16.9. The van der Waals surface area contributed by atoms with Gasteiger partial charge in [0, 0.05) is 16.9 Å². The van der Waals surface area contributed by atoms with Gasteiger partial charge in [-0.25, -0.2) is 0 Å². The second kappa shape index (κ2) is 8.61. The molecule has 2 aromatic rings. The number of benzene rings is 2. The number of hydrogen-bond acceptors (Lipinski definition) is 1. The molecule has 0 saturated heterocycles. The molecule has 2 aromatic carbocycles. The molecule has 0 amide bonds. The summed E-state index contributed by atoms with van der Waals surface area (Å²) in [6.07, 6.45) is 8.40. The molecule has 0 aromatic heterocycles. The highest BCUT2D eigenvalue weighted by atomic mass is 35.5. The van der Waals surface area contributed by atoms with Crippen LogP contribution in [0.3, 0.4) is 0 Å². The van der Waals surface area contributed by atoms with Gasteiger partial charge in [-0.15, -0.1) is 0 Å². The van der Waals surface area contributed by atoms with Crippen molar-refractivity contribution in [3.8, 4) is 11.1 Å². The summed E-state index contributed by atoms with van der Waals surface area (Å²) >= 11 is 6.72. The molecule has 0 fully saturated rings. The Morgan fingerprint density at radius 1 is 0.963 bits per heavy atom. The molecule has 0 unspecified atom stereocenters. The summed E-state index contributed by atoms with van der Waals surface area (Å²) in [5, 5.41) is 0.820. The summed E-state index contributed by atoms with van der Waals surface area (Å²) in [5.41, 5.74) is 6.82. The average Bonchev–Trinajstić information content (AvgIpc) is 2.94. The lowest BCUT2D eigenvalue weighted by Gasteiger charge is -2.34. The largest absolute Gasteiger partial charge is 0.300 e. The van der Waals surface area contributed by atoms with Gasteiger partial charge in [-0.3, -0.25) is 0 Å². The van der Waals surface area contributed by atoms with Crippen LogP contribution in [0.5, 0.6) is 0 Å². The lowest BCUT2D eigenvalue weighted by atomic mass is 9.69. The molecule has 0 bridgehead atoms. The summed E-state index contributed by atoms with van der Waals surface area (Å²) in [6, 6.07) is 13.1. The normalized spacial score (nSPS) is 14.1. The van der Waals surface area contributed by atoms with Crippen LogP contribution in [0.15, 0.2) is 36.4 Å². The Morgan fingerprint density at radius 3 is 2.26 bits per heavy atom. The van der Waals surface area contributed by atoms with E-state index >= 15 is 0 Å². The molecular weight excluding hydrogens is 352 g/mol. The highest BCUT2D eigenvalue weighted by Crippen LogP contribution is 2.56. The van der Waals surface area contributed by atoms with E-state index in [4.69, 9.17) is 11.6 Å². The summed E-state index contributed by atoms with van der Waals surface area (Å²) < 4.78 is 0. The maximum atomic E-state index is 11.7. The lowest BCUT2D eigenvalue weighted by molar-refractivity contribution is -0.116. The molecule has 0 spiro atoms. The van der Waals surface area contributed by atoms with Crippen LogP contribution in [0.25, 0.3) is 11.1 Å². The molecule has 144 valence electrons. The number of hydrogen-bond donors (Lipinski definition) is 0. The summed E-state index contributed by atoms with van der Waals surface area (Å²) in [5.74, 6) is 0.229. The van der Waals surface area contributed by atoms with Gasteiger partial charge in [-0.1, -0.05) is 81.5 Å². The number of fused-ring (bicyclic) bond motifs is 3. The van der Waals surface area contributed by atoms with Crippen molar-refractivity contribution in [2.75, 3.05) is 0 Å². The van der Waals surface area contributed by atoms with E-state index in [0.29, 0.717) is 6.42 Å². The molecule has 0 saturated carbocycles. The van der Waals surface area contributed by atoms with Gasteiger partial charge in [0.15, 0.2) is 0 Å². The summed E-state index contributed by atoms with van der Waals surface area (Å²) in [6.45, 7) is 6.21. The van der Waals surface area contributed by atoms with Crippen molar-refractivity contribution >= 4 is 17.4 Å². The minimum absolute atomic E-state index is 0.0367. The predicted molar refractivity (Wildman–Crippen MR) is 116 cm³/mol. The zero-order valence-corrected chi connectivity index (χ0v) is 17.7. The molecule has 1 nitrogen and oxygen atoms in total. The van der Waals surface area contributed by atoms with E-state index in [1.807, 2.05) is 6.07 Å². The van der Waals surface area contributed by atoms with Gasteiger partial charge in [0.2, 0.25) is 0 Å². The third kappa shape index (κ3) is 3.72. The molecular formula is C25H31ClO. The molecule has 1 aliphatic rings. The third-order valence-corrected chi connectivity index (χ3v) is 6.46. The van der Waals surface area contributed by atoms with Crippen LogP contribution in [0.1, 0.15) is 82.4 Å². The minimum Gasteiger partial charge on any atom is -0.300 e. The third-order valence-electron chi connectivity index (χ3n) is 6.11. The number of ketones is 1. The van der Waals surface area contributed by atoms with E-state index in [1.54, 1.807) is 6.92 Å². The second-order valence-electron chi connectivity index (χ2n) is 7.99. The standard InChI is InChI=1S/C25H31ClO/c1-4-6-16-25(17-7-5-2)22-11-9-8-10-19(22)20-14-15-23(26)21(24(20)25)13-12-18(3)27/h8-11,14-15H,4-7,12-13,16-17H2,1-3H3. The fourth-order valence-corrected chi connectivity index (χ4v) is 5.06. The number of Topliss-reactive ketones (excluding diaryl/α,β-unsaturated/α-hetero) is 1. The summed E-state index contributed by atoms with van der Waals surface area (Å²) in [7, 11) is 0. The van der Waals surface area contributed by atoms with E-state index in [9.17, 15) is 4.79 Å². The van der Waals surface area contributed by atoms with Crippen LogP contribution in [-0.4, -0.2) is 5.78 Å². The summed E-state index contributed by atoms with van der Waals surface area (Å²) in [4.78, 5) is 11.7. The number of unbranched alkanes of at least 4 members (excludes halogenated alkanes) is 2. The maximum absolute atomic E-state index is 11.7. The Morgan fingerprint density at radius 2 is 1.63 bits per heavy atom. The van der Waals surface area contributed by atoms with Gasteiger partial charge in [0.25, 0.3) is 0 Å². The molecule has 27 heavy (non-hydrogen) atoms. The first kappa shape index (κ1) is 20.1. The Balaban J connectivity index is 2.24. The first-order valence-corrected chi connectivity index (χ1v) is 10.8. The van der Waals surface area contributed by atoms with Crippen molar-refractivity contribution in [1.82, 2.24) is 0 Å². The molecule has 0 N–H and O–H groups in total. The van der Waals surface area contributed by atoms with Crippen LogP contribution < -0.4 is 0 Å². The van der Waals surface area contributed by atoms with Crippen LogP contribution >= 0.6 is 11.6 Å². The molecule has 0 atom stereocenters. The second-order valence-corrected chi connectivity index (χ2v) is 8.39. The highest BCUT2D eigenvalue weighted by molar-refractivity contribution is 6.31. The van der Waals surface area contributed by atoms with Crippen molar-refractivity contribution < 1.29 is 4.79 Å². The maximum Gasteiger partial charge on any atom is 0.130 e. The smallest absolute Gasteiger partial charge is 0.130 e. The van der Waals surface area contributed by atoms with E-state index in [-0.39, 0.29) is 11.2 Å². The number of rotatable bonds is 9. The van der Waals surface area contributed by atoms with Crippen molar-refractivity contribution in [1.29, 1.82) is 0 Å². The van der Waals surface area contributed by atoms with E-state index in [1.165, 1.54) is 53.5 Å². The topological polar surface area (TPSA) is 17.1 Å². The average molecular weight is 383 g/mol. The fraction of sp³-hybridized carbons (Fsp3) is 0.480.